The van der Waals surface area contributed by atoms with Crippen LogP contribution in [0.2, 0.25) is 0 Å². The minimum atomic E-state index is -0.943. The number of anilines is 1. The lowest BCUT2D eigenvalue weighted by molar-refractivity contribution is 0.0696. The summed E-state index contributed by atoms with van der Waals surface area (Å²) in [5.41, 5.74) is 0.816. The maximum absolute atomic E-state index is 11.2. The number of carboxylic acids is 1. The minimum absolute atomic E-state index is 0.196. The molecule has 0 aliphatic carbocycles. The molecule has 112 valence electrons. The second-order valence-electron chi connectivity index (χ2n) is 5.89. The molecule has 0 radical (unpaired) electrons. The molecule has 0 saturated carbocycles. The zero-order valence-corrected chi connectivity index (χ0v) is 12.4. The Morgan fingerprint density at radius 2 is 1.95 bits per heavy atom. The number of hydrogen-bond donors (Lipinski definition) is 3. The molecule has 0 spiro atoms. The van der Waals surface area contributed by atoms with Crippen molar-refractivity contribution < 1.29 is 15.0 Å². The van der Waals surface area contributed by atoms with Gasteiger partial charge >= 0.3 is 5.97 Å². The average Bonchev–Trinajstić information content (AvgIpc) is 2.37. The van der Waals surface area contributed by atoms with Crippen molar-refractivity contribution in [3.05, 3.63) is 23.4 Å². The number of carboxylic acid groups (broad SMARTS) is 1. The molecule has 1 aromatic heterocycles. The van der Waals surface area contributed by atoms with Gasteiger partial charge in [0.05, 0.1) is 5.56 Å². The predicted molar refractivity (Wildman–Crippen MR) is 79.3 cm³/mol. The van der Waals surface area contributed by atoms with Crippen LogP contribution < -0.4 is 5.32 Å². The van der Waals surface area contributed by atoms with E-state index in [1.807, 2.05) is 20.8 Å². The fourth-order valence-electron chi connectivity index (χ4n) is 1.76. The Labute approximate surface area is 120 Å². The number of aromatic nitrogens is 1. The average molecular weight is 280 g/mol. The molecule has 5 nitrogen and oxygen atoms in total. The molecule has 0 saturated heterocycles. The van der Waals surface area contributed by atoms with Crippen molar-refractivity contribution in [2.24, 2.45) is 0 Å². The van der Waals surface area contributed by atoms with Gasteiger partial charge in [-0.05, 0) is 31.4 Å². The third-order valence-electron chi connectivity index (χ3n) is 2.98. The first kappa shape index (κ1) is 16.4. The molecule has 0 fully saturated rings. The number of rotatable bonds is 7. The number of unbranched alkanes of at least 4 members (excludes halogenated alkanes) is 2. The number of hydrogen-bond acceptors (Lipinski definition) is 4. The highest BCUT2D eigenvalue weighted by molar-refractivity contribution is 5.88. The molecule has 0 bridgehead atoms. The van der Waals surface area contributed by atoms with E-state index in [-0.39, 0.29) is 17.6 Å². The molecule has 0 aliphatic rings. The number of nitrogens with zero attached hydrogens (tertiary/aromatic N) is 1. The summed E-state index contributed by atoms with van der Waals surface area (Å²) in [6.07, 6.45) is 2.65. The molecule has 5 heteroatoms. The van der Waals surface area contributed by atoms with Crippen molar-refractivity contribution in [2.45, 2.75) is 45.4 Å². The number of aromatic carboxylic acids is 1. The summed E-state index contributed by atoms with van der Waals surface area (Å²) in [6.45, 7) is 6.95. The SMILES string of the molecule is CC(C)(C)c1cc(C(=O)O)cc(NCCCCCO)n1. The Morgan fingerprint density at radius 3 is 2.50 bits per heavy atom. The lowest BCUT2D eigenvalue weighted by Gasteiger charge is -2.19. The van der Waals surface area contributed by atoms with Gasteiger partial charge in [-0.15, -0.1) is 0 Å². The summed E-state index contributed by atoms with van der Waals surface area (Å²) in [5, 5.41) is 21.0. The molecule has 0 amide bonds. The molecule has 0 aromatic carbocycles. The zero-order valence-electron chi connectivity index (χ0n) is 12.4. The summed E-state index contributed by atoms with van der Waals surface area (Å²) in [7, 11) is 0. The van der Waals surface area contributed by atoms with Gasteiger partial charge in [0.15, 0.2) is 0 Å². The third kappa shape index (κ3) is 5.17. The van der Waals surface area contributed by atoms with Crippen molar-refractivity contribution in [2.75, 3.05) is 18.5 Å². The van der Waals surface area contributed by atoms with Crippen molar-refractivity contribution in [1.82, 2.24) is 4.98 Å². The van der Waals surface area contributed by atoms with Gasteiger partial charge in [-0.3, -0.25) is 0 Å². The van der Waals surface area contributed by atoms with Gasteiger partial charge in [-0.1, -0.05) is 20.8 Å². The molecule has 1 aromatic rings. The van der Waals surface area contributed by atoms with Crippen molar-refractivity contribution >= 4 is 11.8 Å². The molecule has 1 heterocycles. The Hall–Kier alpha value is -1.62. The van der Waals surface area contributed by atoms with Crippen molar-refractivity contribution in [3.8, 4) is 0 Å². The fourth-order valence-corrected chi connectivity index (χ4v) is 1.76. The summed E-state index contributed by atoms with van der Waals surface area (Å²) >= 11 is 0. The van der Waals surface area contributed by atoms with Gasteiger partial charge in [0.25, 0.3) is 0 Å². The molecule has 0 unspecified atom stereocenters. The van der Waals surface area contributed by atoms with Gasteiger partial charge in [-0.2, -0.15) is 0 Å². The molecule has 3 N–H and O–H groups in total. The van der Waals surface area contributed by atoms with Crippen LogP contribution in [0.15, 0.2) is 12.1 Å². The third-order valence-corrected chi connectivity index (χ3v) is 2.98. The molecule has 0 aliphatic heterocycles. The van der Waals surface area contributed by atoms with Crippen LogP contribution >= 0.6 is 0 Å². The second kappa shape index (κ2) is 7.24. The summed E-state index contributed by atoms with van der Waals surface area (Å²) < 4.78 is 0. The number of nitrogens with one attached hydrogen (secondary N) is 1. The van der Waals surface area contributed by atoms with E-state index in [4.69, 9.17) is 10.2 Å². The van der Waals surface area contributed by atoms with Crippen molar-refractivity contribution in [3.63, 3.8) is 0 Å². The largest absolute Gasteiger partial charge is 0.478 e. The van der Waals surface area contributed by atoms with Crippen molar-refractivity contribution in [1.29, 1.82) is 0 Å². The first-order valence-electron chi connectivity index (χ1n) is 6.95. The predicted octanol–water partition coefficient (Wildman–Crippen LogP) is 2.65. The van der Waals surface area contributed by atoms with Gasteiger partial charge in [0, 0.05) is 24.3 Å². The lowest BCUT2D eigenvalue weighted by Crippen LogP contribution is -2.17. The molecule has 20 heavy (non-hydrogen) atoms. The number of aliphatic hydroxyl groups excluding tert-OH is 1. The van der Waals surface area contributed by atoms with E-state index < -0.39 is 5.97 Å². The fraction of sp³-hybridized carbons (Fsp3) is 0.600. The first-order chi connectivity index (χ1) is 9.34. The summed E-state index contributed by atoms with van der Waals surface area (Å²) in [4.78, 5) is 15.6. The van der Waals surface area contributed by atoms with Crippen LogP contribution in [0.4, 0.5) is 5.82 Å². The van der Waals surface area contributed by atoms with E-state index in [0.29, 0.717) is 5.82 Å². The van der Waals surface area contributed by atoms with Crippen LogP contribution in [-0.4, -0.2) is 34.3 Å². The quantitative estimate of drug-likeness (QED) is 0.669. The lowest BCUT2D eigenvalue weighted by atomic mass is 9.91. The maximum Gasteiger partial charge on any atom is 0.335 e. The molecule has 0 atom stereocenters. The highest BCUT2D eigenvalue weighted by Gasteiger charge is 2.18. The van der Waals surface area contributed by atoms with E-state index in [9.17, 15) is 4.79 Å². The molecular formula is C15H24N2O3. The van der Waals surface area contributed by atoms with Gasteiger partial charge < -0.3 is 15.5 Å². The van der Waals surface area contributed by atoms with Gasteiger partial charge in [-0.25, -0.2) is 9.78 Å². The van der Waals surface area contributed by atoms with Crippen LogP contribution in [0.1, 0.15) is 56.1 Å². The van der Waals surface area contributed by atoms with E-state index in [1.54, 1.807) is 12.1 Å². The molecular weight excluding hydrogens is 256 g/mol. The van der Waals surface area contributed by atoms with E-state index in [0.717, 1.165) is 31.5 Å². The van der Waals surface area contributed by atoms with E-state index in [2.05, 4.69) is 10.3 Å². The van der Waals surface area contributed by atoms with Crippen LogP contribution in [0.25, 0.3) is 0 Å². The van der Waals surface area contributed by atoms with Crippen LogP contribution in [-0.2, 0) is 5.41 Å². The van der Waals surface area contributed by atoms with Gasteiger partial charge in [0.1, 0.15) is 5.82 Å². The van der Waals surface area contributed by atoms with Crippen LogP contribution in [0, 0.1) is 0 Å². The maximum atomic E-state index is 11.2. The highest BCUT2D eigenvalue weighted by Crippen LogP contribution is 2.23. The number of carbonyl (C=O) groups is 1. The second-order valence-corrected chi connectivity index (χ2v) is 5.89. The number of pyridine rings is 1. The Morgan fingerprint density at radius 1 is 1.25 bits per heavy atom. The Balaban J connectivity index is 2.79. The molecule has 1 rings (SSSR count). The topological polar surface area (TPSA) is 82.5 Å². The Kier molecular flexibility index (Phi) is 5.95. The smallest absolute Gasteiger partial charge is 0.335 e. The van der Waals surface area contributed by atoms with Crippen LogP contribution in [0.5, 0.6) is 0 Å². The van der Waals surface area contributed by atoms with E-state index >= 15 is 0 Å². The summed E-state index contributed by atoms with van der Waals surface area (Å²) in [5.74, 6) is -0.347. The van der Waals surface area contributed by atoms with Gasteiger partial charge in [0.2, 0.25) is 0 Å². The summed E-state index contributed by atoms with van der Waals surface area (Å²) in [6, 6.07) is 3.18. The van der Waals surface area contributed by atoms with Crippen LogP contribution in [0.3, 0.4) is 0 Å². The monoisotopic (exact) mass is 280 g/mol. The van der Waals surface area contributed by atoms with E-state index in [1.165, 1.54) is 0 Å². The zero-order chi connectivity index (χ0) is 15.2. The number of aliphatic hydroxyl groups is 1. The Bertz CT molecular complexity index is 453. The standard InChI is InChI=1S/C15H24N2O3/c1-15(2,3)12-9-11(14(19)20)10-13(17-12)16-7-5-4-6-8-18/h9-10,18H,4-8H2,1-3H3,(H,16,17)(H,19,20). The minimum Gasteiger partial charge on any atom is -0.478 e. The first-order valence-corrected chi connectivity index (χ1v) is 6.95. The normalized spacial score (nSPS) is 11.4. The highest BCUT2D eigenvalue weighted by atomic mass is 16.4.